The van der Waals surface area contributed by atoms with Crippen LogP contribution in [0.1, 0.15) is 36.8 Å². The van der Waals surface area contributed by atoms with Crippen LogP contribution in [0.5, 0.6) is 5.75 Å². The Morgan fingerprint density at radius 2 is 1.48 bits per heavy atom. The highest BCUT2D eigenvalue weighted by molar-refractivity contribution is 7.18. The van der Waals surface area contributed by atoms with Crippen molar-refractivity contribution >= 4 is 43.8 Å². The molecule has 6 heteroatoms. The topological polar surface area (TPSA) is 51.6 Å². The number of anilines is 2. The van der Waals surface area contributed by atoms with Crippen molar-refractivity contribution in [2.75, 3.05) is 31.5 Å². The summed E-state index contributed by atoms with van der Waals surface area (Å²) >= 11 is 1.76. The molecule has 0 amide bonds. The summed E-state index contributed by atoms with van der Waals surface area (Å²) in [5.41, 5.74) is 4.03. The van der Waals surface area contributed by atoms with Gasteiger partial charge in [-0.05, 0) is 81.5 Å². The molecule has 33 heavy (non-hydrogen) atoms. The lowest BCUT2D eigenvalue weighted by molar-refractivity contribution is 0.312. The van der Waals surface area contributed by atoms with E-state index in [0.717, 1.165) is 72.8 Å². The van der Waals surface area contributed by atoms with Gasteiger partial charge in [-0.1, -0.05) is 18.2 Å². The van der Waals surface area contributed by atoms with Gasteiger partial charge in [0.25, 0.3) is 0 Å². The minimum absolute atomic E-state index is 0.464. The van der Waals surface area contributed by atoms with Crippen molar-refractivity contribution in [1.29, 1.82) is 0 Å². The Kier molecular flexibility index (Phi) is 5.66. The van der Waals surface area contributed by atoms with Crippen LogP contribution in [0.4, 0.5) is 11.5 Å². The molecule has 0 radical (unpaired) electrons. The van der Waals surface area contributed by atoms with E-state index in [-0.39, 0.29) is 0 Å². The molecular weight excluding hydrogens is 428 g/mol. The van der Waals surface area contributed by atoms with E-state index in [2.05, 4.69) is 56.9 Å². The lowest BCUT2D eigenvalue weighted by Crippen LogP contribution is -2.20. The highest BCUT2D eigenvalue weighted by atomic mass is 32.1. The number of pyridine rings is 1. The normalized spacial score (nSPS) is 17.5. The van der Waals surface area contributed by atoms with E-state index in [9.17, 15) is 5.11 Å². The van der Waals surface area contributed by atoms with Crippen molar-refractivity contribution in [2.45, 2.75) is 38.8 Å². The van der Waals surface area contributed by atoms with Gasteiger partial charge in [0, 0.05) is 45.4 Å². The Balaban J connectivity index is 1.39. The van der Waals surface area contributed by atoms with Crippen LogP contribution in [-0.4, -0.2) is 46.1 Å². The molecule has 2 N–H and O–H groups in total. The molecule has 0 unspecified atom stereocenters. The molecular formula is C27H30N4OS. The Hall–Kier alpha value is -2.67. The van der Waals surface area contributed by atoms with Gasteiger partial charge in [-0.2, -0.15) is 0 Å². The van der Waals surface area contributed by atoms with Gasteiger partial charge < -0.3 is 10.4 Å². The second-order valence-electron chi connectivity index (χ2n) is 9.38. The molecule has 4 heterocycles. The molecule has 2 aromatic heterocycles. The average Bonchev–Trinajstić information content (AvgIpc) is 3.60. The highest BCUT2D eigenvalue weighted by Crippen LogP contribution is 2.37. The smallest absolute Gasteiger partial charge is 0.139 e. The molecule has 0 spiro atoms. The minimum Gasteiger partial charge on any atom is -0.507 e. The van der Waals surface area contributed by atoms with Crippen molar-refractivity contribution in [3.8, 4) is 5.75 Å². The number of thiophene rings is 1. The van der Waals surface area contributed by atoms with E-state index in [1.165, 1.54) is 35.8 Å². The van der Waals surface area contributed by atoms with Crippen LogP contribution < -0.4 is 5.32 Å². The number of phenols is 1. The van der Waals surface area contributed by atoms with Crippen LogP contribution in [0, 0.1) is 0 Å². The van der Waals surface area contributed by atoms with Crippen LogP contribution in [0.15, 0.2) is 47.8 Å². The first kappa shape index (κ1) is 20.9. The van der Waals surface area contributed by atoms with Gasteiger partial charge in [-0.15, -0.1) is 11.3 Å². The monoisotopic (exact) mass is 458 g/mol. The molecule has 170 valence electrons. The van der Waals surface area contributed by atoms with Gasteiger partial charge in [0.15, 0.2) is 0 Å². The summed E-state index contributed by atoms with van der Waals surface area (Å²) < 4.78 is 1.26. The van der Waals surface area contributed by atoms with Gasteiger partial charge in [0.2, 0.25) is 0 Å². The minimum atomic E-state index is 0.464. The van der Waals surface area contributed by atoms with Gasteiger partial charge in [-0.25, -0.2) is 4.98 Å². The predicted octanol–water partition coefficient (Wildman–Crippen LogP) is 6.09. The lowest BCUT2D eigenvalue weighted by atomic mass is 10.1. The molecule has 2 aliphatic heterocycles. The fraction of sp³-hybridized carbons (Fsp3) is 0.370. The number of phenolic OH excluding ortho intramolecular Hbond substituents is 1. The molecule has 2 fully saturated rings. The number of nitrogens with zero attached hydrogens (tertiary/aromatic N) is 3. The molecule has 2 aliphatic rings. The van der Waals surface area contributed by atoms with E-state index in [1.54, 1.807) is 11.3 Å². The third-order valence-electron chi connectivity index (χ3n) is 7.02. The van der Waals surface area contributed by atoms with E-state index in [1.807, 2.05) is 6.07 Å². The summed E-state index contributed by atoms with van der Waals surface area (Å²) in [5.74, 6) is 1.35. The zero-order valence-corrected chi connectivity index (χ0v) is 19.7. The molecule has 5 nitrogen and oxygen atoms in total. The fourth-order valence-electron chi connectivity index (χ4n) is 5.32. The lowest BCUT2D eigenvalue weighted by Gasteiger charge is -2.21. The first-order valence-electron chi connectivity index (χ1n) is 12.1. The summed E-state index contributed by atoms with van der Waals surface area (Å²) in [6.07, 6.45) is 4.99. The zero-order chi connectivity index (χ0) is 22.2. The number of hydrogen-bond donors (Lipinski definition) is 2. The van der Waals surface area contributed by atoms with Crippen LogP contribution in [0.2, 0.25) is 0 Å². The molecule has 0 aliphatic carbocycles. The van der Waals surface area contributed by atoms with E-state index in [0.29, 0.717) is 5.75 Å². The molecule has 2 saturated heterocycles. The largest absolute Gasteiger partial charge is 0.507 e. The number of aromatic nitrogens is 1. The summed E-state index contributed by atoms with van der Waals surface area (Å²) in [5, 5.41) is 19.3. The second-order valence-corrected chi connectivity index (χ2v) is 10.3. The van der Waals surface area contributed by atoms with Crippen molar-refractivity contribution in [3.05, 3.63) is 59.0 Å². The van der Waals surface area contributed by atoms with Crippen molar-refractivity contribution < 1.29 is 5.11 Å². The zero-order valence-electron chi connectivity index (χ0n) is 18.9. The van der Waals surface area contributed by atoms with Crippen molar-refractivity contribution in [1.82, 2.24) is 14.8 Å². The average molecular weight is 459 g/mol. The Morgan fingerprint density at radius 3 is 2.15 bits per heavy atom. The van der Waals surface area contributed by atoms with E-state index >= 15 is 0 Å². The SMILES string of the molecule is Oc1c(CN2CCCC2)cc(Nc2nc3ccccc3c3sccc23)cc1CN1CCCC1. The van der Waals surface area contributed by atoms with Gasteiger partial charge in [0.1, 0.15) is 11.6 Å². The van der Waals surface area contributed by atoms with Gasteiger partial charge in [-0.3, -0.25) is 9.80 Å². The third-order valence-corrected chi connectivity index (χ3v) is 7.96. The second kappa shape index (κ2) is 8.93. The molecule has 2 aromatic carbocycles. The van der Waals surface area contributed by atoms with Gasteiger partial charge in [0.05, 0.1) is 5.52 Å². The number of rotatable bonds is 6. The van der Waals surface area contributed by atoms with Crippen LogP contribution in [0.25, 0.3) is 21.0 Å². The predicted molar refractivity (Wildman–Crippen MR) is 138 cm³/mol. The summed E-state index contributed by atoms with van der Waals surface area (Å²) in [6.45, 7) is 6.04. The standard InChI is InChI=1S/C27H30N4OS/c32-25-19(17-30-10-3-4-11-30)15-21(16-20(25)18-31-12-5-6-13-31)28-27-23-9-14-33-26(23)22-7-1-2-8-24(22)29-27/h1-2,7-9,14-16,32H,3-6,10-13,17-18H2,(H,28,29). The molecule has 6 rings (SSSR count). The number of nitrogens with one attached hydrogen (secondary N) is 1. The Morgan fingerprint density at radius 1 is 0.848 bits per heavy atom. The van der Waals surface area contributed by atoms with E-state index in [4.69, 9.17) is 4.98 Å². The first-order valence-corrected chi connectivity index (χ1v) is 12.9. The summed E-state index contributed by atoms with van der Waals surface area (Å²) in [7, 11) is 0. The maximum Gasteiger partial charge on any atom is 0.139 e. The van der Waals surface area contributed by atoms with Gasteiger partial charge >= 0.3 is 0 Å². The number of benzene rings is 2. The quantitative estimate of drug-likeness (QED) is 0.343. The van der Waals surface area contributed by atoms with Crippen LogP contribution >= 0.6 is 11.3 Å². The van der Waals surface area contributed by atoms with Crippen LogP contribution in [0.3, 0.4) is 0 Å². The van der Waals surface area contributed by atoms with Crippen molar-refractivity contribution in [3.63, 3.8) is 0 Å². The van der Waals surface area contributed by atoms with E-state index < -0.39 is 0 Å². The molecule has 0 saturated carbocycles. The maximum absolute atomic E-state index is 11.2. The number of likely N-dealkylation sites (tertiary alicyclic amines) is 2. The number of hydrogen-bond acceptors (Lipinski definition) is 6. The third kappa shape index (κ3) is 4.19. The maximum atomic E-state index is 11.2. The number of para-hydroxylation sites is 1. The summed E-state index contributed by atoms with van der Waals surface area (Å²) in [4.78, 5) is 9.87. The molecule has 0 atom stereocenters. The highest BCUT2D eigenvalue weighted by Gasteiger charge is 2.20. The molecule has 4 aromatic rings. The number of fused-ring (bicyclic) bond motifs is 3. The fourth-order valence-corrected chi connectivity index (χ4v) is 6.25. The summed E-state index contributed by atoms with van der Waals surface area (Å²) in [6, 6.07) is 14.7. The Bertz CT molecular complexity index is 1250. The Labute approximate surface area is 198 Å². The first-order chi connectivity index (χ1) is 16.2. The van der Waals surface area contributed by atoms with Crippen molar-refractivity contribution in [2.24, 2.45) is 0 Å². The number of aromatic hydroxyl groups is 1. The molecule has 0 bridgehead atoms. The van der Waals surface area contributed by atoms with Crippen LogP contribution in [-0.2, 0) is 13.1 Å².